The van der Waals surface area contributed by atoms with Crippen molar-refractivity contribution in [1.29, 1.82) is 0 Å². The van der Waals surface area contributed by atoms with Crippen LogP contribution in [-0.4, -0.2) is 35.5 Å². The van der Waals surface area contributed by atoms with E-state index < -0.39 is 0 Å². The van der Waals surface area contributed by atoms with Gasteiger partial charge in [-0.15, -0.1) is 0 Å². The van der Waals surface area contributed by atoms with Crippen LogP contribution in [0, 0.1) is 13.8 Å². The Labute approximate surface area is 148 Å². The number of benzene rings is 1. The number of hydrogen-bond donors (Lipinski definition) is 2. The second kappa shape index (κ2) is 7.59. The van der Waals surface area contributed by atoms with Crippen LogP contribution in [0.3, 0.4) is 0 Å². The fraction of sp³-hybridized carbons (Fsp3) is 0.474. The summed E-state index contributed by atoms with van der Waals surface area (Å²) in [7, 11) is 1.94. The Kier molecular flexibility index (Phi) is 5.26. The predicted octanol–water partition coefficient (Wildman–Crippen LogP) is 2.44. The monoisotopic (exact) mass is 342 g/mol. The Balaban J connectivity index is 1.46. The SMILES string of the molecule is Cc1nn(C)c(C)c1CCNC(=O)NC[C@H]1CCOc2ccccc21. The predicted molar refractivity (Wildman–Crippen MR) is 97.1 cm³/mol. The van der Waals surface area contributed by atoms with Gasteiger partial charge in [0.25, 0.3) is 0 Å². The number of ether oxygens (including phenoxy) is 1. The van der Waals surface area contributed by atoms with Crippen LogP contribution in [0.25, 0.3) is 0 Å². The van der Waals surface area contributed by atoms with Crippen LogP contribution >= 0.6 is 0 Å². The highest BCUT2D eigenvalue weighted by atomic mass is 16.5. The van der Waals surface area contributed by atoms with Gasteiger partial charge in [-0.1, -0.05) is 18.2 Å². The van der Waals surface area contributed by atoms with Crippen molar-refractivity contribution in [3.05, 3.63) is 46.8 Å². The molecule has 134 valence electrons. The van der Waals surface area contributed by atoms with Crippen molar-refractivity contribution >= 4 is 6.03 Å². The summed E-state index contributed by atoms with van der Waals surface area (Å²) in [5.74, 6) is 1.24. The summed E-state index contributed by atoms with van der Waals surface area (Å²) in [6.45, 7) is 5.98. The van der Waals surface area contributed by atoms with Crippen molar-refractivity contribution in [2.24, 2.45) is 7.05 Å². The van der Waals surface area contributed by atoms with Gasteiger partial charge in [-0.2, -0.15) is 5.10 Å². The summed E-state index contributed by atoms with van der Waals surface area (Å²) < 4.78 is 7.54. The van der Waals surface area contributed by atoms with Gasteiger partial charge < -0.3 is 15.4 Å². The molecule has 0 saturated carbocycles. The molecule has 0 radical (unpaired) electrons. The van der Waals surface area contributed by atoms with E-state index in [2.05, 4.69) is 28.7 Å². The highest BCUT2D eigenvalue weighted by Crippen LogP contribution is 2.32. The van der Waals surface area contributed by atoms with Gasteiger partial charge in [0.1, 0.15) is 5.75 Å². The van der Waals surface area contributed by atoms with Crippen molar-refractivity contribution in [2.75, 3.05) is 19.7 Å². The molecule has 1 aromatic carbocycles. The minimum absolute atomic E-state index is 0.122. The van der Waals surface area contributed by atoms with E-state index in [9.17, 15) is 4.79 Å². The highest BCUT2D eigenvalue weighted by molar-refractivity contribution is 5.73. The summed E-state index contributed by atoms with van der Waals surface area (Å²) in [5, 5.41) is 10.3. The van der Waals surface area contributed by atoms with Gasteiger partial charge in [-0.05, 0) is 43.9 Å². The van der Waals surface area contributed by atoms with Gasteiger partial charge >= 0.3 is 6.03 Å². The van der Waals surface area contributed by atoms with E-state index in [-0.39, 0.29) is 6.03 Å². The molecule has 6 nitrogen and oxygen atoms in total. The molecule has 0 aliphatic carbocycles. The van der Waals surface area contributed by atoms with E-state index in [1.807, 2.05) is 36.9 Å². The van der Waals surface area contributed by atoms with Crippen molar-refractivity contribution < 1.29 is 9.53 Å². The first-order valence-electron chi connectivity index (χ1n) is 8.78. The quantitative estimate of drug-likeness (QED) is 0.877. The molecule has 2 amide bonds. The number of fused-ring (bicyclic) bond motifs is 1. The number of para-hydroxylation sites is 1. The van der Waals surface area contributed by atoms with Crippen LogP contribution in [0.15, 0.2) is 24.3 Å². The average molecular weight is 342 g/mol. The Morgan fingerprint density at radius 3 is 2.88 bits per heavy atom. The van der Waals surface area contributed by atoms with Crippen molar-refractivity contribution in [3.63, 3.8) is 0 Å². The number of hydrogen-bond acceptors (Lipinski definition) is 3. The molecule has 2 N–H and O–H groups in total. The fourth-order valence-corrected chi connectivity index (χ4v) is 3.39. The first kappa shape index (κ1) is 17.3. The number of rotatable bonds is 5. The van der Waals surface area contributed by atoms with E-state index in [1.165, 1.54) is 11.1 Å². The lowest BCUT2D eigenvalue weighted by atomic mass is 9.93. The molecule has 2 heterocycles. The second-order valence-corrected chi connectivity index (χ2v) is 6.53. The maximum Gasteiger partial charge on any atom is 0.314 e. The lowest BCUT2D eigenvalue weighted by molar-refractivity contribution is 0.235. The van der Waals surface area contributed by atoms with E-state index >= 15 is 0 Å². The molecular weight excluding hydrogens is 316 g/mol. The van der Waals surface area contributed by atoms with Gasteiger partial charge in [0, 0.05) is 31.7 Å². The molecule has 2 aromatic rings. The normalized spacial score (nSPS) is 16.0. The lowest BCUT2D eigenvalue weighted by Gasteiger charge is -2.26. The number of urea groups is 1. The minimum atomic E-state index is -0.122. The number of carbonyl (C=O) groups excluding carboxylic acids is 1. The Morgan fingerprint density at radius 2 is 2.12 bits per heavy atom. The molecule has 0 spiro atoms. The average Bonchev–Trinajstić information content (AvgIpc) is 2.86. The second-order valence-electron chi connectivity index (χ2n) is 6.53. The summed E-state index contributed by atoms with van der Waals surface area (Å²) in [6.07, 6.45) is 1.71. The third-order valence-corrected chi connectivity index (χ3v) is 4.91. The van der Waals surface area contributed by atoms with Crippen LogP contribution in [0.2, 0.25) is 0 Å². The topological polar surface area (TPSA) is 68.2 Å². The van der Waals surface area contributed by atoms with E-state index in [0.29, 0.717) is 25.6 Å². The van der Waals surface area contributed by atoms with Gasteiger partial charge in [0.2, 0.25) is 0 Å². The van der Waals surface area contributed by atoms with Crippen LogP contribution in [-0.2, 0) is 13.5 Å². The Bertz CT molecular complexity index is 754. The summed E-state index contributed by atoms with van der Waals surface area (Å²) in [6, 6.07) is 7.93. The Morgan fingerprint density at radius 1 is 1.32 bits per heavy atom. The number of amides is 2. The van der Waals surface area contributed by atoms with Crippen LogP contribution < -0.4 is 15.4 Å². The lowest BCUT2D eigenvalue weighted by Crippen LogP contribution is -2.39. The van der Waals surface area contributed by atoms with E-state index in [0.717, 1.165) is 30.0 Å². The number of carbonyl (C=O) groups is 1. The molecule has 1 atom stereocenters. The van der Waals surface area contributed by atoms with E-state index in [1.54, 1.807) is 0 Å². The number of nitrogens with zero attached hydrogens (tertiary/aromatic N) is 2. The molecule has 1 aromatic heterocycles. The van der Waals surface area contributed by atoms with Crippen molar-refractivity contribution in [3.8, 4) is 5.75 Å². The first-order chi connectivity index (χ1) is 12.1. The summed E-state index contributed by atoms with van der Waals surface area (Å²) >= 11 is 0. The fourth-order valence-electron chi connectivity index (χ4n) is 3.39. The molecule has 0 saturated heterocycles. The van der Waals surface area contributed by atoms with Gasteiger partial charge in [0.15, 0.2) is 0 Å². The highest BCUT2D eigenvalue weighted by Gasteiger charge is 2.21. The molecule has 0 bridgehead atoms. The largest absolute Gasteiger partial charge is 0.493 e. The zero-order valence-electron chi connectivity index (χ0n) is 15.1. The molecule has 0 unspecified atom stereocenters. The van der Waals surface area contributed by atoms with Crippen LogP contribution in [0.4, 0.5) is 4.79 Å². The molecular formula is C19H26N4O2. The van der Waals surface area contributed by atoms with Crippen LogP contribution in [0.5, 0.6) is 5.75 Å². The summed E-state index contributed by atoms with van der Waals surface area (Å²) in [5.41, 5.74) is 4.57. The van der Waals surface area contributed by atoms with E-state index in [4.69, 9.17) is 4.74 Å². The zero-order chi connectivity index (χ0) is 17.8. The number of aromatic nitrogens is 2. The van der Waals surface area contributed by atoms with Gasteiger partial charge in [-0.25, -0.2) is 4.79 Å². The van der Waals surface area contributed by atoms with Crippen molar-refractivity contribution in [1.82, 2.24) is 20.4 Å². The minimum Gasteiger partial charge on any atom is -0.493 e. The maximum atomic E-state index is 12.1. The molecule has 3 rings (SSSR count). The third kappa shape index (κ3) is 3.95. The molecule has 1 aliphatic heterocycles. The molecule has 6 heteroatoms. The molecule has 0 fully saturated rings. The number of nitrogens with one attached hydrogen (secondary N) is 2. The molecule has 1 aliphatic rings. The maximum absolute atomic E-state index is 12.1. The number of aryl methyl sites for hydroxylation is 2. The zero-order valence-corrected chi connectivity index (χ0v) is 15.1. The smallest absolute Gasteiger partial charge is 0.314 e. The van der Waals surface area contributed by atoms with Crippen LogP contribution in [0.1, 0.15) is 34.9 Å². The summed E-state index contributed by atoms with van der Waals surface area (Å²) in [4.78, 5) is 12.1. The Hall–Kier alpha value is -2.50. The standard InChI is InChI=1S/C19H26N4O2/c1-13-16(14(2)23(3)22-13)8-10-20-19(24)21-12-15-9-11-25-18-7-5-4-6-17(15)18/h4-7,15H,8-12H2,1-3H3,(H2,20,21,24)/t15-/m1/s1. The third-order valence-electron chi connectivity index (χ3n) is 4.91. The first-order valence-corrected chi connectivity index (χ1v) is 8.78. The molecule has 25 heavy (non-hydrogen) atoms. The van der Waals surface area contributed by atoms with Gasteiger partial charge in [-0.3, -0.25) is 4.68 Å². The van der Waals surface area contributed by atoms with Crippen molar-refractivity contribution in [2.45, 2.75) is 32.6 Å². The van der Waals surface area contributed by atoms with Gasteiger partial charge in [0.05, 0.1) is 12.3 Å².